The molecule has 0 aliphatic carbocycles. The van der Waals surface area contributed by atoms with Gasteiger partial charge in [-0.05, 0) is 47.9 Å². The van der Waals surface area contributed by atoms with Gasteiger partial charge in [0.15, 0.2) is 0 Å². The van der Waals surface area contributed by atoms with E-state index in [2.05, 4.69) is 0 Å². The van der Waals surface area contributed by atoms with Crippen LogP contribution >= 0.6 is 0 Å². The van der Waals surface area contributed by atoms with Gasteiger partial charge >= 0.3 is 0 Å². The fraction of sp³-hybridized carbons (Fsp3) is 0.200. The molecular formula is C15H17NO3S. The maximum atomic E-state index is 12.0. The van der Waals surface area contributed by atoms with E-state index in [1.54, 1.807) is 36.4 Å². The van der Waals surface area contributed by atoms with Crippen LogP contribution in [0.4, 0.5) is 0 Å². The molecule has 0 atom stereocenters. The largest absolute Gasteiger partial charge is 0.508 e. The smallest absolute Gasteiger partial charge is 0.242 e. The molecule has 0 amide bonds. The first-order chi connectivity index (χ1) is 9.32. The first-order valence-electron chi connectivity index (χ1n) is 6.15. The Bertz CT molecular complexity index is 719. The van der Waals surface area contributed by atoms with Crippen molar-refractivity contribution in [2.45, 2.75) is 11.8 Å². The van der Waals surface area contributed by atoms with Crippen LogP contribution in [0.3, 0.4) is 0 Å². The molecule has 0 heterocycles. The summed E-state index contributed by atoms with van der Waals surface area (Å²) in [6, 6.07) is 12.0. The van der Waals surface area contributed by atoms with Gasteiger partial charge in [0, 0.05) is 14.1 Å². The lowest BCUT2D eigenvalue weighted by molar-refractivity contribution is 0.471. The number of hydrogen-bond acceptors (Lipinski definition) is 3. The van der Waals surface area contributed by atoms with Crippen molar-refractivity contribution in [2.24, 2.45) is 0 Å². The lowest BCUT2D eigenvalue weighted by Gasteiger charge is -2.12. The van der Waals surface area contributed by atoms with Crippen molar-refractivity contribution in [3.05, 3.63) is 48.0 Å². The Hall–Kier alpha value is -1.85. The molecule has 2 aromatic carbocycles. The quantitative estimate of drug-likeness (QED) is 0.945. The van der Waals surface area contributed by atoms with E-state index < -0.39 is 10.0 Å². The van der Waals surface area contributed by atoms with Crippen LogP contribution in [0.5, 0.6) is 5.75 Å². The van der Waals surface area contributed by atoms with Crippen LogP contribution in [0.25, 0.3) is 11.1 Å². The van der Waals surface area contributed by atoms with E-state index in [1.807, 2.05) is 13.0 Å². The van der Waals surface area contributed by atoms with Crippen LogP contribution in [0, 0.1) is 6.92 Å². The third-order valence-electron chi connectivity index (χ3n) is 3.16. The molecule has 106 valence electrons. The predicted molar refractivity (Wildman–Crippen MR) is 79.2 cm³/mol. The third-order valence-corrected chi connectivity index (χ3v) is 4.99. The second-order valence-electron chi connectivity index (χ2n) is 4.81. The molecule has 0 fully saturated rings. The SMILES string of the molecule is Cc1cc(-c2ccc(S(=O)(=O)N(C)C)cc2)ccc1O. The van der Waals surface area contributed by atoms with E-state index in [9.17, 15) is 13.5 Å². The van der Waals surface area contributed by atoms with Crippen LogP contribution in [0.2, 0.25) is 0 Å². The number of aromatic hydroxyl groups is 1. The molecule has 0 aliphatic rings. The van der Waals surface area contributed by atoms with E-state index in [0.717, 1.165) is 16.7 Å². The minimum absolute atomic E-state index is 0.251. The van der Waals surface area contributed by atoms with Crippen molar-refractivity contribution >= 4 is 10.0 Å². The van der Waals surface area contributed by atoms with Crippen molar-refractivity contribution in [3.63, 3.8) is 0 Å². The van der Waals surface area contributed by atoms with Gasteiger partial charge in [-0.15, -0.1) is 0 Å². The molecule has 0 aromatic heterocycles. The zero-order valence-corrected chi connectivity index (χ0v) is 12.5. The molecule has 0 spiro atoms. The zero-order chi connectivity index (χ0) is 14.9. The number of aryl methyl sites for hydroxylation is 1. The van der Waals surface area contributed by atoms with Crippen LogP contribution in [0.1, 0.15) is 5.56 Å². The fourth-order valence-electron chi connectivity index (χ4n) is 1.87. The van der Waals surface area contributed by atoms with Crippen molar-refractivity contribution in [3.8, 4) is 16.9 Å². The number of phenols is 1. The summed E-state index contributed by atoms with van der Waals surface area (Å²) < 4.78 is 25.1. The maximum absolute atomic E-state index is 12.0. The van der Waals surface area contributed by atoms with Gasteiger partial charge in [-0.3, -0.25) is 0 Å². The lowest BCUT2D eigenvalue weighted by atomic mass is 10.0. The summed E-state index contributed by atoms with van der Waals surface area (Å²) in [6.07, 6.45) is 0. The minimum Gasteiger partial charge on any atom is -0.508 e. The molecule has 20 heavy (non-hydrogen) atoms. The minimum atomic E-state index is -3.40. The molecule has 2 aromatic rings. The summed E-state index contributed by atoms with van der Waals surface area (Å²) in [7, 11) is -0.384. The average Bonchev–Trinajstić information content (AvgIpc) is 2.42. The van der Waals surface area contributed by atoms with E-state index in [-0.39, 0.29) is 10.6 Å². The van der Waals surface area contributed by atoms with Crippen molar-refractivity contribution < 1.29 is 13.5 Å². The summed E-state index contributed by atoms with van der Waals surface area (Å²) in [4.78, 5) is 0.266. The van der Waals surface area contributed by atoms with Crippen LogP contribution in [-0.2, 0) is 10.0 Å². The molecule has 0 aliphatic heterocycles. The Morgan fingerprint density at radius 1 is 0.950 bits per heavy atom. The van der Waals surface area contributed by atoms with Gasteiger partial charge in [0.1, 0.15) is 5.75 Å². The number of nitrogens with zero attached hydrogens (tertiary/aromatic N) is 1. The summed E-state index contributed by atoms with van der Waals surface area (Å²) in [6.45, 7) is 1.82. The molecule has 0 unspecified atom stereocenters. The second kappa shape index (κ2) is 5.26. The zero-order valence-electron chi connectivity index (χ0n) is 11.7. The highest BCUT2D eigenvalue weighted by molar-refractivity contribution is 7.89. The Kier molecular flexibility index (Phi) is 3.83. The van der Waals surface area contributed by atoms with Gasteiger partial charge in [-0.25, -0.2) is 12.7 Å². The fourth-order valence-corrected chi connectivity index (χ4v) is 2.77. The van der Waals surface area contributed by atoms with Gasteiger partial charge in [-0.2, -0.15) is 0 Å². The van der Waals surface area contributed by atoms with Crippen molar-refractivity contribution in [2.75, 3.05) is 14.1 Å². The molecule has 0 saturated heterocycles. The molecule has 1 N–H and O–H groups in total. The monoisotopic (exact) mass is 291 g/mol. The molecule has 5 heteroatoms. The average molecular weight is 291 g/mol. The van der Waals surface area contributed by atoms with Crippen molar-refractivity contribution in [1.82, 2.24) is 4.31 Å². The van der Waals surface area contributed by atoms with Gasteiger partial charge in [0.25, 0.3) is 0 Å². The number of hydrogen-bond donors (Lipinski definition) is 1. The van der Waals surface area contributed by atoms with E-state index in [0.29, 0.717) is 0 Å². The van der Waals surface area contributed by atoms with E-state index in [4.69, 9.17) is 0 Å². The summed E-state index contributed by atoms with van der Waals surface area (Å²) in [5.74, 6) is 0.251. The first-order valence-corrected chi connectivity index (χ1v) is 7.59. The molecule has 0 saturated carbocycles. The Balaban J connectivity index is 2.40. The van der Waals surface area contributed by atoms with Gasteiger partial charge < -0.3 is 5.11 Å². The molecule has 4 nitrogen and oxygen atoms in total. The normalized spacial score (nSPS) is 11.8. The van der Waals surface area contributed by atoms with Crippen molar-refractivity contribution in [1.29, 1.82) is 0 Å². The molecular weight excluding hydrogens is 274 g/mol. The highest BCUT2D eigenvalue weighted by Gasteiger charge is 2.16. The Morgan fingerprint density at radius 2 is 1.50 bits per heavy atom. The standard InChI is InChI=1S/C15H17NO3S/c1-11-10-13(6-9-15(11)17)12-4-7-14(8-5-12)20(18,19)16(2)3/h4-10,17H,1-3H3. The highest BCUT2D eigenvalue weighted by atomic mass is 32.2. The van der Waals surface area contributed by atoms with Gasteiger partial charge in [0.2, 0.25) is 10.0 Å². The van der Waals surface area contributed by atoms with Gasteiger partial charge in [-0.1, -0.05) is 18.2 Å². The summed E-state index contributed by atoms with van der Waals surface area (Å²) in [5, 5.41) is 9.52. The Labute approximate surface area is 119 Å². The van der Waals surface area contributed by atoms with E-state index >= 15 is 0 Å². The first kappa shape index (κ1) is 14.6. The maximum Gasteiger partial charge on any atom is 0.242 e. The number of sulfonamides is 1. The lowest BCUT2D eigenvalue weighted by Crippen LogP contribution is -2.22. The Morgan fingerprint density at radius 3 is 2.00 bits per heavy atom. The van der Waals surface area contributed by atoms with E-state index in [1.165, 1.54) is 18.4 Å². The van der Waals surface area contributed by atoms with Crippen LogP contribution in [0.15, 0.2) is 47.4 Å². The molecule has 0 bridgehead atoms. The van der Waals surface area contributed by atoms with Crippen LogP contribution < -0.4 is 0 Å². The summed E-state index contributed by atoms with van der Waals surface area (Å²) >= 11 is 0. The molecule has 2 rings (SSSR count). The topological polar surface area (TPSA) is 57.6 Å². The molecule has 0 radical (unpaired) electrons. The highest BCUT2D eigenvalue weighted by Crippen LogP contribution is 2.26. The third kappa shape index (κ3) is 2.69. The van der Waals surface area contributed by atoms with Gasteiger partial charge in [0.05, 0.1) is 4.90 Å². The summed E-state index contributed by atoms with van der Waals surface area (Å²) in [5.41, 5.74) is 2.63. The predicted octanol–water partition coefficient (Wildman–Crippen LogP) is 2.62. The number of rotatable bonds is 3. The number of benzene rings is 2. The second-order valence-corrected chi connectivity index (χ2v) is 6.96. The van der Waals surface area contributed by atoms with Crippen LogP contribution in [-0.4, -0.2) is 31.9 Å². The number of phenolic OH excluding ortho intramolecular Hbond substituents is 1.